The quantitative estimate of drug-likeness (QED) is 0.902. The molecule has 1 fully saturated rings. The molecule has 114 valence electrons. The van der Waals surface area contributed by atoms with Crippen LogP contribution >= 0.6 is 0 Å². The van der Waals surface area contributed by atoms with Crippen LogP contribution in [0.2, 0.25) is 0 Å². The van der Waals surface area contributed by atoms with Crippen LogP contribution in [0, 0.1) is 5.92 Å². The van der Waals surface area contributed by atoms with Gasteiger partial charge in [0.05, 0.1) is 0 Å². The minimum absolute atomic E-state index is 0.164. The normalized spacial score (nSPS) is 14.2. The summed E-state index contributed by atoms with van der Waals surface area (Å²) in [4.78, 5) is 14.1. The molecule has 0 radical (unpaired) electrons. The number of anilines is 2. The van der Waals surface area contributed by atoms with Crippen LogP contribution in [0.5, 0.6) is 0 Å². The second-order valence-corrected chi connectivity index (χ2v) is 6.01. The van der Waals surface area contributed by atoms with E-state index in [2.05, 4.69) is 53.7 Å². The molecule has 3 nitrogen and oxygen atoms in total. The summed E-state index contributed by atoms with van der Waals surface area (Å²) in [6.45, 7) is 0.870. The topological polar surface area (TPSA) is 32.3 Å². The van der Waals surface area contributed by atoms with Crippen molar-refractivity contribution in [1.29, 1.82) is 0 Å². The fourth-order valence-electron chi connectivity index (χ4n) is 2.66. The number of carbonyl (C=O) groups excluding carboxylic acids is 1. The van der Waals surface area contributed by atoms with Gasteiger partial charge < -0.3 is 10.2 Å². The van der Waals surface area contributed by atoms with E-state index in [1.165, 1.54) is 12.0 Å². The lowest BCUT2D eigenvalue weighted by Gasteiger charge is -2.24. The van der Waals surface area contributed by atoms with E-state index < -0.39 is 0 Å². The third-order valence-electron chi connectivity index (χ3n) is 4.31. The number of rotatable bonds is 5. The van der Waals surface area contributed by atoms with Crippen LogP contribution in [0.25, 0.3) is 0 Å². The second kappa shape index (κ2) is 6.65. The predicted octanol–water partition coefficient (Wildman–Crippen LogP) is 4.06. The van der Waals surface area contributed by atoms with Gasteiger partial charge in [0, 0.05) is 30.9 Å². The van der Waals surface area contributed by atoms with Gasteiger partial charge in [-0.3, -0.25) is 4.79 Å². The Morgan fingerprint density at radius 1 is 1.09 bits per heavy atom. The van der Waals surface area contributed by atoms with E-state index >= 15 is 0 Å². The molecular weight excluding hydrogens is 272 g/mol. The molecule has 0 atom stereocenters. The minimum Gasteiger partial charge on any atom is -0.370 e. The number of carbonyl (C=O) groups is 1. The molecule has 0 saturated heterocycles. The van der Waals surface area contributed by atoms with E-state index in [-0.39, 0.29) is 11.8 Å². The van der Waals surface area contributed by atoms with Crippen molar-refractivity contribution in [3.8, 4) is 0 Å². The van der Waals surface area contributed by atoms with Gasteiger partial charge in [-0.2, -0.15) is 0 Å². The summed E-state index contributed by atoms with van der Waals surface area (Å²) >= 11 is 0. The molecule has 1 aliphatic rings. The highest BCUT2D eigenvalue weighted by Crippen LogP contribution is 2.28. The van der Waals surface area contributed by atoms with Crippen molar-refractivity contribution < 1.29 is 4.79 Å². The molecular formula is C19H22N2O. The molecule has 1 saturated carbocycles. The molecule has 1 aliphatic carbocycles. The Balaban J connectivity index is 1.59. The van der Waals surface area contributed by atoms with E-state index in [1.54, 1.807) is 0 Å². The standard InChI is InChI=1S/C19H22N2O/c1-21(14-15-6-3-2-4-7-15)18-12-10-17(11-13-18)20-19(22)16-8-5-9-16/h2-4,6-7,10-13,16H,5,8-9,14H2,1H3,(H,20,22). The van der Waals surface area contributed by atoms with E-state index in [0.717, 1.165) is 30.8 Å². The third-order valence-corrected chi connectivity index (χ3v) is 4.31. The largest absolute Gasteiger partial charge is 0.370 e. The van der Waals surface area contributed by atoms with Crippen molar-refractivity contribution in [3.05, 3.63) is 60.2 Å². The molecule has 3 rings (SSSR count). The summed E-state index contributed by atoms with van der Waals surface area (Å²) in [5.41, 5.74) is 3.31. The zero-order valence-electron chi connectivity index (χ0n) is 13.0. The first-order valence-electron chi connectivity index (χ1n) is 7.88. The van der Waals surface area contributed by atoms with Crippen LogP contribution in [-0.4, -0.2) is 13.0 Å². The van der Waals surface area contributed by atoms with Gasteiger partial charge in [-0.05, 0) is 42.7 Å². The lowest BCUT2D eigenvalue weighted by molar-refractivity contribution is -0.122. The lowest BCUT2D eigenvalue weighted by atomic mass is 9.85. The van der Waals surface area contributed by atoms with Gasteiger partial charge in [0.1, 0.15) is 0 Å². The van der Waals surface area contributed by atoms with Crippen LogP contribution in [0.4, 0.5) is 11.4 Å². The second-order valence-electron chi connectivity index (χ2n) is 6.01. The SMILES string of the molecule is CN(Cc1ccccc1)c1ccc(NC(=O)C2CCC2)cc1. The lowest BCUT2D eigenvalue weighted by Crippen LogP contribution is -2.28. The molecule has 0 aromatic heterocycles. The zero-order valence-corrected chi connectivity index (χ0v) is 13.0. The first-order valence-corrected chi connectivity index (χ1v) is 7.88. The molecule has 0 spiro atoms. The van der Waals surface area contributed by atoms with E-state index in [0.29, 0.717) is 0 Å². The Hall–Kier alpha value is -2.29. The van der Waals surface area contributed by atoms with Crippen molar-refractivity contribution in [2.45, 2.75) is 25.8 Å². The summed E-state index contributed by atoms with van der Waals surface area (Å²) in [7, 11) is 2.08. The first-order chi connectivity index (χ1) is 10.7. The maximum Gasteiger partial charge on any atom is 0.227 e. The highest BCUT2D eigenvalue weighted by Gasteiger charge is 2.25. The highest BCUT2D eigenvalue weighted by molar-refractivity contribution is 5.93. The maximum absolute atomic E-state index is 11.9. The fraction of sp³-hybridized carbons (Fsp3) is 0.316. The van der Waals surface area contributed by atoms with Gasteiger partial charge in [0.2, 0.25) is 5.91 Å². The Kier molecular flexibility index (Phi) is 4.42. The van der Waals surface area contributed by atoms with Crippen molar-refractivity contribution in [3.63, 3.8) is 0 Å². The molecule has 0 heterocycles. The summed E-state index contributed by atoms with van der Waals surface area (Å²) < 4.78 is 0. The van der Waals surface area contributed by atoms with Crippen LogP contribution < -0.4 is 10.2 Å². The Morgan fingerprint density at radius 2 is 1.77 bits per heavy atom. The van der Waals surface area contributed by atoms with Crippen LogP contribution in [0.1, 0.15) is 24.8 Å². The summed E-state index contributed by atoms with van der Waals surface area (Å²) in [6, 6.07) is 18.5. The highest BCUT2D eigenvalue weighted by atomic mass is 16.1. The zero-order chi connectivity index (χ0) is 15.4. The number of hydrogen-bond acceptors (Lipinski definition) is 2. The number of amides is 1. The van der Waals surface area contributed by atoms with E-state index in [9.17, 15) is 4.79 Å². The monoisotopic (exact) mass is 294 g/mol. The summed E-state index contributed by atoms with van der Waals surface area (Å²) in [5, 5.41) is 3.00. The van der Waals surface area contributed by atoms with Gasteiger partial charge in [0.15, 0.2) is 0 Å². The molecule has 0 bridgehead atoms. The van der Waals surface area contributed by atoms with Gasteiger partial charge >= 0.3 is 0 Å². The minimum atomic E-state index is 0.164. The third kappa shape index (κ3) is 3.48. The Morgan fingerprint density at radius 3 is 2.36 bits per heavy atom. The molecule has 1 amide bonds. The average Bonchev–Trinajstić information content (AvgIpc) is 2.47. The van der Waals surface area contributed by atoms with Gasteiger partial charge in [0.25, 0.3) is 0 Å². The van der Waals surface area contributed by atoms with Crippen LogP contribution in [-0.2, 0) is 11.3 Å². The molecule has 22 heavy (non-hydrogen) atoms. The number of nitrogens with zero attached hydrogens (tertiary/aromatic N) is 1. The van der Waals surface area contributed by atoms with Gasteiger partial charge in [-0.25, -0.2) is 0 Å². The molecule has 2 aromatic carbocycles. The maximum atomic E-state index is 11.9. The first kappa shape index (κ1) is 14.6. The Labute approximate surface area is 132 Å². The van der Waals surface area contributed by atoms with Gasteiger partial charge in [-0.1, -0.05) is 36.8 Å². The fourth-order valence-corrected chi connectivity index (χ4v) is 2.66. The molecule has 0 unspecified atom stereocenters. The smallest absolute Gasteiger partial charge is 0.227 e. The van der Waals surface area contributed by atoms with Crippen molar-refractivity contribution in [2.75, 3.05) is 17.3 Å². The number of nitrogens with one attached hydrogen (secondary N) is 1. The van der Waals surface area contributed by atoms with Gasteiger partial charge in [-0.15, -0.1) is 0 Å². The van der Waals surface area contributed by atoms with Crippen LogP contribution in [0.15, 0.2) is 54.6 Å². The average molecular weight is 294 g/mol. The van der Waals surface area contributed by atoms with Crippen molar-refractivity contribution in [1.82, 2.24) is 0 Å². The van der Waals surface area contributed by atoms with E-state index in [1.807, 2.05) is 18.2 Å². The van der Waals surface area contributed by atoms with Crippen molar-refractivity contribution in [2.24, 2.45) is 5.92 Å². The number of benzene rings is 2. The molecule has 3 heteroatoms. The molecule has 1 N–H and O–H groups in total. The van der Waals surface area contributed by atoms with E-state index in [4.69, 9.17) is 0 Å². The molecule has 0 aliphatic heterocycles. The molecule has 2 aromatic rings. The summed E-state index contributed by atoms with van der Waals surface area (Å²) in [5.74, 6) is 0.386. The Bertz CT molecular complexity index is 618. The van der Waals surface area contributed by atoms with Crippen LogP contribution in [0.3, 0.4) is 0 Å². The number of hydrogen-bond donors (Lipinski definition) is 1. The summed E-state index contributed by atoms with van der Waals surface area (Å²) in [6.07, 6.45) is 3.24. The predicted molar refractivity (Wildman–Crippen MR) is 91.0 cm³/mol. The van der Waals surface area contributed by atoms with Crippen molar-refractivity contribution >= 4 is 17.3 Å².